The van der Waals surface area contributed by atoms with Crippen molar-refractivity contribution in [3.63, 3.8) is 0 Å². The van der Waals surface area contributed by atoms with Crippen molar-refractivity contribution < 1.29 is 0 Å². The Morgan fingerprint density at radius 1 is 1.25 bits per heavy atom. The summed E-state index contributed by atoms with van der Waals surface area (Å²) in [5.41, 5.74) is 3.21. The number of hydrogen-bond donors (Lipinski definition) is 1. The van der Waals surface area contributed by atoms with Crippen LogP contribution < -0.4 is 10.2 Å². The number of halogens is 1. The summed E-state index contributed by atoms with van der Waals surface area (Å²) in [6.07, 6.45) is 3.85. The van der Waals surface area contributed by atoms with Crippen molar-refractivity contribution in [3.8, 4) is 0 Å². The SMILES string of the molecule is CCNCc1cc(Cl)ccc1N1CCC(C)(CC)CC1. The molecule has 0 amide bonds. The standard InChI is InChI=1S/C17H27ClN2/c1-4-17(3)8-10-20(11-9-17)16-7-6-15(18)12-14(16)13-19-5-2/h6-7,12,19H,4-5,8-11,13H2,1-3H3. The molecule has 1 fully saturated rings. The van der Waals surface area contributed by atoms with E-state index in [1.165, 1.54) is 30.5 Å². The lowest BCUT2D eigenvalue weighted by Crippen LogP contribution is -2.39. The minimum absolute atomic E-state index is 0.532. The average Bonchev–Trinajstić information content (AvgIpc) is 2.46. The van der Waals surface area contributed by atoms with Crippen LogP contribution in [0.25, 0.3) is 0 Å². The van der Waals surface area contributed by atoms with Gasteiger partial charge in [0.05, 0.1) is 0 Å². The van der Waals surface area contributed by atoms with Crippen LogP contribution in [0.1, 0.15) is 45.6 Å². The van der Waals surface area contributed by atoms with Crippen LogP contribution in [0.15, 0.2) is 18.2 Å². The van der Waals surface area contributed by atoms with Crippen LogP contribution in [0.5, 0.6) is 0 Å². The van der Waals surface area contributed by atoms with E-state index < -0.39 is 0 Å². The summed E-state index contributed by atoms with van der Waals surface area (Å²) < 4.78 is 0. The van der Waals surface area contributed by atoms with E-state index in [1.807, 2.05) is 6.07 Å². The molecule has 0 atom stereocenters. The molecule has 20 heavy (non-hydrogen) atoms. The molecule has 1 heterocycles. The van der Waals surface area contributed by atoms with E-state index in [0.717, 1.165) is 31.2 Å². The maximum atomic E-state index is 6.16. The lowest BCUT2D eigenvalue weighted by Gasteiger charge is -2.40. The van der Waals surface area contributed by atoms with Crippen molar-refractivity contribution in [2.75, 3.05) is 24.5 Å². The second-order valence-electron chi connectivity index (χ2n) is 6.20. The highest BCUT2D eigenvalue weighted by atomic mass is 35.5. The average molecular weight is 295 g/mol. The van der Waals surface area contributed by atoms with E-state index in [4.69, 9.17) is 11.6 Å². The molecule has 0 aromatic heterocycles. The van der Waals surface area contributed by atoms with Gasteiger partial charge in [-0.1, -0.05) is 38.8 Å². The Kier molecular flexibility index (Phi) is 5.34. The van der Waals surface area contributed by atoms with Crippen LogP contribution in [0.3, 0.4) is 0 Å². The van der Waals surface area contributed by atoms with Gasteiger partial charge in [0.1, 0.15) is 0 Å². The first-order valence-electron chi connectivity index (χ1n) is 7.82. The van der Waals surface area contributed by atoms with Crippen molar-refractivity contribution in [1.82, 2.24) is 5.32 Å². The minimum atomic E-state index is 0.532. The number of benzene rings is 1. The van der Waals surface area contributed by atoms with Gasteiger partial charge < -0.3 is 10.2 Å². The van der Waals surface area contributed by atoms with E-state index in [1.54, 1.807) is 0 Å². The lowest BCUT2D eigenvalue weighted by molar-refractivity contribution is 0.238. The molecule has 0 saturated carbocycles. The second-order valence-corrected chi connectivity index (χ2v) is 6.64. The van der Waals surface area contributed by atoms with E-state index >= 15 is 0 Å². The number of anilines is 1. The zero-order valence-corrected chi connectivity index (χ0v) is 13.8. The quantitative estimate of drug-likeness (QED) is 0.862. The summed E-state index contributed by atoms with van der Waals surface area (Å²) in [6, 6.07) is 6.30. The van der Waals surface area contributed by atoms with Gasteiger partial charge in [-0.05, 0) is 48.6 Å². The van der Waals surface area contributed by atoms with Gasteiger partial charge in [0.15, 0.2) is 0 Å². The minimum Gasteiger partial charge on any atom is -0.371 e. The number of nitrogens with zero attached hydrogens (tertiary/aromatic N) is 1. The number of nitrogens with one attached hydrogen (secondary N) is 1. The van der Waals surface area contributed by atoms with Crippen molar-refractivity contribution in [3.05, 3.63) is 28.8 Å². The molecule has 0 bridgehead atoms. The van der Waals surface area contributed by atoms with Crippen molar-refractivity contribution in [2.45, 2.75) is 46.6 Å². The zero-order chi connectivity index (χ0) is 14.6. The molecule has 112 valence electrons. The molecule has 1 N–H and O–H groups in total. The monoisotopic (exact) mass is 294 g/mol. The summed E-state index contributed by atoms with van der Waals surface area (Å²) in [5.74, 6) is 0. The lowest BCUT2D eigenvalue weighted by atomic mass is 9.78. The second kappa shape index (κ2) is 6.82. The Balaban J connectivity index is 2.12. The first kappa shape index (κ1) is 15.7. The molecule has 0 radical (unpaired) electrons. The third kappa shape index (κ3) is 3.67. The Labute approximate surface area is 128 Å². The molecule has 0 unspecified atom stereocenters. The van der Waals surface area contributed by atoms with Crippen LogP contribution in [0, 0.1) is 5.41 Å². The summed E-state index contributed by atoms with van der Waals surface area (Å²) in [7, 11) is 0. The number of rotatable bonds is 5. The van der Waals surface area contributed by atoms with Gasteiger partial charge >= 0.3 is 0 Å². The van der Waals surface area contributed by atoms with Gasteiger partial charge in [0.25, 0.3) is 0 Å². The first-order chi connectivity index (χ1) is 9.58. The van der Waals surface area contributed by atoms with Gasteiger partial charge in [0.2, 0.25) is 0 Å². The molecular formula is C17H27ClN2. The summed E-state index contributed by atoms with van der Waals surface area (Å²) in [6.45, 7) is 11.1. The van der Waals surface area contributed by atoms with Crippen molar-refractivity contribution in [1.29, 1.82) is 0 Å². The largest absolute Gasteiger partial charge is 0.371 e. The Morgan fingerprint density at radius 2 is 1.95 bits per heavy atom. The highest BCUT2D eigenvalue weighted by Gasteiger charge is 2.28. The predicted molar refractivity (Wildman–Crippen MR) is 88.7 cm³/mol. The molecule has 1 aromatic carbocycles. The fraction of sp³-hybridized carbons (Fsp3) is 0.647. The fourth-order valence-electron chi connectivity index (χ4n) is 2.90. The highest BCUT2D eigenvalue weighted by Crippen LogP contribution is 2.36. The smallest absolute Gasteiger partial charge is 0.0412 e. The first-order valence-corrected chi connectivity index (χ1v) is 8.20. The van der Waals surface area contributed by atoms with Gasteiger partial charge in [-0.15, -0.1) is 0 Å². The Bertz CT molecular complexity index is 437. The van der Waals surface area contributed by atoms with Crippen LogP contribution in [-0.4, -0.2) is 19.6 Å². The van der Waals surface area contributed by atoms with Crippen molar-refractivity contribution >= 4 is 17.3 Å². The van der Waals surface area contributed by atoms with E-state index in [-0.39, 0.29) is 0 Å². The van der Waals surface area contributed by atoms with Gasteiger partial charge in [-0.25, -0.2) is 0 Å². The van der Waals surface area contributed by atoms with Gasteiger partial charge in [-0.3, -0.25) is 0 Å². The van der Waals surface area contributed by atoms with Crippen molar-refractivity contribution in [2.24, 2.45) is 5.41 Å². The summed E-state index contributed by atoms with van der Waals surface area (Å²) in [4.78, 5) is 2.53. The molecule has 1 aliphatic heterocycles. The maximum absolute atomic E-state index is 6.16. The van der Waals surface area contributed by atoms with Crippen LogP contribution >= 0.6 is 11.6 Å². The third-order valence-electron chi connectivity index (χ3n) is 4.77. The predicted octanol–water partition coefficient (Wildman–Crippen LogP) is 4.47. The molecule has 2 nitrogen and oxygen atoms in total. The maximum Gasteiger partial charge on any atom is 0.0412 e. The molecule has 0 aliphatic carbocycles. The molecular weight excluding hydrogens is 268 g/mol. The van der Waals surface area contributed by atoms with Crippen LogP contribution in [-0.2, 0) is 6.54 Å². The summed E-state index contributed by atoms with van der Waals surface area (Å²) in [5, 5.41) is 4.24. The van der Waals surface area contributed by atoms with Crippen LogP contribution in [0.2, 0.25) is 5.02 Å². The topological polar surface area (TPSA) is 15.3 Å². The Morgan fingerprint density at radius 3 is 2.55 bits per heavy atom. The molecule has 1 saturated heterocycles. The van der Waals surface area contributed by atoms with E-state index in [0.29, 0.717) is 5.41 Å². The molecule has 2 rings (SSSR count). The van der Waals surface area contributed by atoms with Crippen LogP contribution in [0.4, 0.5) is 5.69 Å². The zero-order valence-electron chi connectivity index (χ0n) is 13.0. The van der Waals surface area contributed by atoms with Gasteiger partial charge in [-0.2, -0.15) is 0 Å². The number of piperidine rings is 1. The van der Waals surface area contributed by atoms with E-state index in [2.05, 4.69) is 43.1 Å². The molecule has 0 spiro atoms. The fourth-order valence-corrected chi connectivity index (χ4v) is 3.10. The normalized spacial score (nSPS) is 18.3. The number of hydrogen-bond acceptors (Lipinski definition) is 2. The molecule has 3 heteroatoms. The molecule has 1 aliphatic rings. The molecule has 1 aromatic rings. The van der Waals surface area contributed by atoms with E-state index in [9.17, 15) is 0 Å². The highest BCUT2D eigenvalue weighted by molar-refractivity contribution is 6.30. The Hall–Kier alpha value is -0.730. The third-order valence-corrected chi connectivity index (χ3v) is 5.01. The van der Waals surface area contributed by atoms with Gasteiger partial charge in [0, 0.05) is 30.3 Å². The summed E-state index contributed by atoms with van der Waals surface area (Å²) >= 11 is 6.16.